The van der Waals surface area contributed by atoms with Gasteiger partial charge in [0.15, 0.2) is 5.78 Å². The maximum absolute atomic E-state index is 13.4. The minimum Gasteiger partial charge on any atom is -0.297 e. The number of halogens is 2. The van der Waals surface area contributed by atoms with Gasteiger partial charge in [0.2, 0.25) is 0 Å². The average Bonchev–Trinajstić information content (AvgIpc) is 2.51. The summed E-state index contributed by atoms with van der Waals surface area (Å²) in [6.45, 7) is 6.07. The highest BCUT2D eigenvalue weighted by molar-refractivity contribution is 9.10. The summed E-state index contributed by atoms with van der Waals surface area (Å²) in [7, 11) is 0. The third kappa shape index (κ3) is 3.72. The molecule has 0 amide bonds. The molecule has 1 aromatic rings. The van der Waals surface area contributed by atoms with Crippen molar-refractivity contribution in [2.24, 2.45) is 0 Å². The molecule has 0 bridgehead atoms. The maximum atomic E-state index is 13.4. The molecule has 1 heterocycles. The van der Waals surface area contributed by atoms with E-state index in [-0.39, 0.29) is 18.0 Å². The first-order valence-corrected chi connectivity index (χ1v) is 8.49. The number of nitrogens with zero attached hydrogens (tertiary/aromatic N) is 1. The summed E-state index contributed by atoms with van der Waals surface area (Å²) in [5.74, 6) is -0.115. The van der Waals surface area contributed by atoms with Gasteiger partial charge in [0.25, 0.3) is 0 Å². The first kappa shape index (κ1) is 16.6. The van der Waals surface area contributed by atoms with Gasteiger partial charge >= 0.3 is 0 Å². The molecule has 2 nitrogen and oxygen atoms in total. The third-order valence-electron chi connectivity index (χ3n) is 4.70. The summed E-state index contributed by atoms with van der Waals surface area (Å²) in [4.78, 5) is 15.2. The van der Waals surface area contributed by atoms with Crippen molar-refractivity contribution in [3.05, 3.63) is 34.1 Å². The summed E-state index contributed by atoms with van der Waals surface area (Å²) >= 11 is 3.41. The van der Waals surface area contributed by atoms with E-state index in [0.717, 1.165) is 42.4 Å². The minimum atomic E-state index is -0.438. The Morgan fingerprint density at radius 2 is 2.00 bits per heavy atom. The number of hydrogen-bond acceptors (Lipinski definition) is 2. The first-order valence-electron chi connectivity index (χ1n) is 7.69. The van der Waals surface area contributed by atoms with Crippen molar-refractivity contribution >= 4 is 21.7 Å². The Kier molecular flexibility index (Phi) is 5.55. The Balaban J connectivity index is 2.17. The molecule has 0 spiro atoms. The van der Waals surface area contributed by atoms with Gasteiger partial charge in [0, 0.05) is 10.9 Å². The largest absolute Gasteiger partial charge is 0.297 e. The molecule has 4 heteroatoms. The van der Waals surface area contributed by atoms with E-state index >= 15 is 0 Å². The van der Waals surface area contributed by atoms with Crippen LogP contribution in [0.5, 0.6) is 0 Å². The Bertz CT molecular complexity index is 514. The number of hydrogen-bond donors (Lipinski definition) is 0. The number of piperidine rings is 1. The standard InChI is InChI=1S/C17H23BrFNO/c1-3-17(2,20-9-5-4-6-10-20)16(21)12-13-11-14(19)7-8-15(13)18/h7-8,11H,3-6,9-10,12H2,1-2H3. The van der Waals surface area contributed by atoms with E-state index in [1.54, 1.807) is 6.07 Å². The van der Waals surface area contributed by atoms with Crippen molar-refractivity contribution in [1.82, 2.24) is 4.90 Å². The summed E-state index contributed by atoms with van der Waals surface area (Å²) in [6.07, 6.45) is 4.64. The van der Waals surface area contributed by atoms with E-state index in [0.29, 0.717) is 0 Å². The molecule has 1 atom stereocenters. The quantitative estimate of drug-likeness (QED) is 0.782. The molecule has 0 aromatic heterocycles. The number of Topliss-reactive ketones (excluding diaryl/α,β-unsaturated/α-hetero) is 1. The zero-order valence-electron chi connectivity index (χ0n) is 12.8. The zero-order valence-corrected chi connectivity index (χ0v) is 14.4. The van der Waals surface area contributed by atoms with Gasteiger partial charge < -0.3 is 0 Å². The van der Waals surface area contributed by atoms with Crippen LogP contribution in [0.15, 0.2) is 22.7 Å². The van der Waals surface area contributed by atoms with E-state index in [1.165, 1.54) is 18.6 Å². The Hall–Kier alpha value is -0.740. The van der Waals surface area contributed by atoms with E-state index in [2.05, 4.69) is 27.8 Å². The molecule has 1 aliphatic rings. The molecular weight excluding hydrogens is 333 g/mol. The van der Waals surface area contributed by atoms with Crippen LogP contribution in [0.3, 0.4) is 0 Å². The second-order valence-corrected chi connectivity index (χ2v) is 6.87. The molecule has 0 N–H and O–H groups in total. The molecule has 1 aliphatic heterocycles. The Labute approximate surface area is 134 Å². The molecule has 0 radical (unpaired) electrons. The van der Waals surface area contributed by atoms with Crippen LogP contribution >= 0.6 is 15.9 Å². The fourth-order valence-corrected chi connectivity index (χ4v) is 3.41. The molecule has 1 unspecified atom stereocenters. The van der Waals surface area contributed by atoms with Crippen LogP contribution in [0, 0.1) is 5.82 Å². The predicted octanol–water partition coefficient (Wildman–Crippen LogP) is 4.35. The molecule has 116 valence electrons. The number of likely N-dealkylation sites (tertiary alicyclic amines) is 1. The number of benzene rings is 1. The van der Waals surface area contributed by atoms with Crippen molar-refractivity contribution in [2.75, 3.05) is 13.1 Å². The topological polar surface area (TPSA) is 20.3 Å². The number of carbonyl (C=O) groups is 1. The van der Waals surface area contributed by atoms with Crippen LogP contribution in [0.4, 0.5) is 4.39 Å². The summed E-state index contributed by atoms with van der Waals surface area (Å²) in [6, 6.07) is 4.53. The number of rotatable bonds is 5. The molecule has 2 rings (SSSR count). The second-order valence-electron chi connectivity index (χ2n) is 6.01. The van der Waals surface area contributed by atoms with Gasteiger partial charge in [-0.3, -0.25) is 9.69 Å². The van der Waals surface area contributed by atoms with Crippen LogP contribution in [0.2, 0.25) is 0 Å². The number of carbonyl (C=O) groups excluding carboxylic acids is 1. The molecular formula is C17H23BrFNO. The van der Waals surface area contributed by atoms with Gasteiger partial charge in [0.1, 0.15) is 5.82 Å². The Morgan fingerprint density at radius 1 is 1.33 bits per heavy atom. The highest BCUT2D eigenvalue weighted by Gasteiger charge is 2.37. The number of ketones is 1. The predicted molar refractivity (Wildman–Crippen MR) is 86.9 cm³/mol. The van der Waals surface area contributed by atoms with E-state index in [1.807, 2.05) is 6.92 Å². The molecule has 1 aromatic carbocycles. The van der Waals surface area contributed by atoms with Crippen molar-refractivity contribution in [3.63, 3.8) is 0 Å². The normalized spacial score (nSPS) is 19.2. The van der Waals surface area contributed by atoms with E-state index < -0.39 is 5.54 Å². The minimum absolute atomic E-state index is 0.179. The molecule has 0 aliphatic carbocycles. The highest BCUT2D eigenvalue weighted by atomic mass is 79.9. The summed E-state index contributed by atoms with van der Waals surface area (Å²) in [5.41, 5.74) is 0.295. The lowest BCUT2D eigenvalue weighted by Crippen LogP contribution is -2.54. The molecule has 1 saturated heterocycles. The van der Waals surface area contributed by atoms with Gasteiger partial charge in [-0.15, -0.1) is 0 Å². The van der Waals surface area contributed by atoms with Crippen LogP contribution in [-0.2, 0) is 11.2 Å². The first-order chi connectivity index (χ1) is 9.97. The van der Waals surface area contributed by atoms with Crippen molar-refractivity contribution in [3.8, 4) is 0 Å². The molecule has 21 heavy (non-hydrogen) atoms. The van der Waals surface area contributed by atoms with Gasteiger partial charge in [-0.05, 0) is 63.0 Å². The van der Waals surface area contributed by atoms with Crippen molar-refractivity contribution < 1.29 is 9.18 Å². The van der Waals surface area contributed by atoms with E-state index in [4.69, 9.17) is 0 Å². The summed E-state index contributed by atoms with van der Waals surface area (Å²) < 4.78 is 14.2. The van der Waals surface area contributed by atoms with Crippen LogP contribution in [0.1, 0.15) is 45.1 Å². The second kappa shape index (κ2) is 7.01. The zero-order chi connectivity index (χ0) is 15.5. The lowest BCUT2D eigenvalue weighted by molar-refractivity contribution is -0.130. The fourth-order valence-electron chi connectivity index (χ4n) is 3.03. The SMILES string of the molecule is CCC(C)(C(=O)Cc1cc(F)ccc1Br)N1CCCCC1. The van der Waals surface area contributed by atoms with Crippen LogP contribution in [-0.4, -0.2) is 29.3 Å². The van der Waals surface area contributed by atoms with Gasteiger partial charge in [-0.1, -0.05) is 29.3 Å². The molecule has 1 fully saturated rings. The lowest BCUT2D eigenvalue weighted by atomic mass is 9.86. The highest BCUT2D eigenvalue weighted by Crippen LogP contribution is 2.28. The van der Waals surface area contributed by atoms with E-state index in [9.17, 15) is 9.18 Å². The van der Waals surface area contributed by atoms with Crippen molar-refractivity contribution in [1.29, 1.82) is 0 Å². The van der Waals surface area contributed by atoms with Gasteiger partial charge in [-0.2, -0.15) is 0 Å². The van der Waals surface area contributed by atoms with Crippen LogP contribution < -0.4 is 0 Å². The lowest BCUT2D eigenvalue weighted by Gasteiger charge is -2.42. The smallest absolute Gasteiger partial charge is 0.157 e. The molecule has 0 saturated carbocycles. The van der Waals surface area contributed by atoms with Gasteiger partial charge in [0.05, 0.1) is 5.54 Å². The Morgan fingerprint density at radius 3 is 2.62 bits per heavy atom. The third-order valence-corrected chi connectivity index (χ3v) is 5.48. The monoisotopic (exact) mass is 355 g/mol. The maximum Gasteiger partial charge on any atom is 0.157 e. The fraction of sp³-hybridized carbons (Fsp3) is 0.588. The van der Waals surface area contributed by atoms with Crippen LogP contribution in [0.25, 0.3) is 0 Å². The summed E-state index contributed by atoms with van der Waals surface area (Å²) in [5, 5.41) is 0. The van der Waals surface area contributed by atoms with Crippen molar-refractivity contribution in [2.45, 2.75) is 51.5 Å². The van der Waals surface area contributed by atoms with Gasteiger partial charge in [-0.25, -0.2) is 4.39 Å². The average molecular weight is 356 g/mol.